The summed E-state index contributed by atoms with van der Waals surface area (Å²) in [5, 5.41) is 18.8. The average Bonchev–Trinajstić information content (AvgIpc) is 2.79. The number of aromatic hydroxyl groups is 1. The highest BCUT2D eigenvalue weighted by atomic mass is 79.9. The Kier molecular flexibility index (Phi) is 5.48. The molecule has 2 aromatic rings. The molecule has 0 atom stereocenters. The number of hydrogen-bond donors (Lipinski definition) is 1. The van der Waals surface area contributed by atoms with Crippen molar-refractivity contribution in [1.82, 2.24) is 4.57 Å². The number of halogens is 5. The molecule has 1 aromatic carbocycles. The van der Waals surface area contributed by atoms with Gasteiger partial charge in [-0.3, -0.25) is 0 Å². The monoisotopic (exact) mass is 422 g/mol. The summed E-state index contributed by atoms with van der Waals surface area (Å²) in [7, 11) is 0. The molecule has 0 spiro atoms. The third-order valence-corrected chi connectivity index (χ3v) is 4.30. The van der Waals surface area contributed by atoms with Crippen LogP contribution in [0.2, 0.25) is 5.02 Å². The lowest BCUT2D eigenvalue weighted by Crippen LogP contribution is -2.16. The van der Waals surface area contributed by atoms with Gasteiger partial charge in [0, 0.05) is 12.2 Å². The van der Waals surface area contributed by atoms with Crippen LogP contribution in [0.5, 0.6) is 5.75 Å². The third-order valence-electron chi connectivity index (χ3n) is 3.23. The van der Waals surface area contributed by atoms with Gasteiger partial charge in [0.25, 0.3) is 0 Å². The van der Waals surface area contributed by atoms with Crippen molar-refractivity contribution in [3.05, 3.63) is 39.0 Å². The normalized spacial score (nSPS) is 11.5. The summed E-state index contributed by atoms with van der Waals surface area (Å²) in [5.74, 6) is -0.211. The molecule has 0 saturated carbocycles. The van der Waals surface area contributed by atoms with Gasteiger partial charge in [0.2, 0.25) is 0 Å². The molecule has 9 heteroatoms. The van der Waals surface area contributed by atoms with Gasteiger partial charge in [-0.2, -0.15) is 18.4 Å². The Labute approximate surface area is 149 Å². The fourth-order valence-electron chi connectivity index (χ4n) is 2.23. The van der Waals surface area contributed by atoms with Crippen molar-refractivity contribution in [3.8, 4) is 23.1 Å². The maximum absolute atomic E-state index is 13.4. The summed E-state index contributed by atoms with van der Waals surface area (Å²) < 4.78 is 46.0. The zero-order chi connectivity index (χ0) is 18.1. The van der Waals surface area contributed by atoms with Crippen molar-refractivity contribution in [1.29, 1.82) is 5.26 Å². The summed E-state index contributed by atoms with van der Waals surface area (Å²) in [6.07, 6.45) is -4.69. The van der Waals surface area contributed by atoms with Crippen molar-refractivity contribution in [3.63, 3.8) is 0 Å². The van der Waals surface area contributed by atoms with E-state index in [-0.39, 0.29) is 45.4 Å². The van der Waals surface area contributed by atoms with Gasteiger partial charge >= 0.3 is 6.18 Å². The Morgan fingerprint density at radius 1 is 1.42 bits per heavy atom. The van der Waals surface area contributed by atoms with Crippen LogP contribution in [-0.2, 0) is 17.6 Å². The summed E-state index contributed by atoms with van der Waals surface area (Å²) in [5.41, 5.74) is -0.951. The van der Waals surface area contributed by atoms with Crippen LogP contribution in [-0.4, -0.2) is 16.3 Å². The molecule has 0 fully saturated rings. The molecule has 0 unspecified atom stereocenters. The van der Waals surface area contributed by atoms with E-state index in [0.29, 0.717) is 0 Å². The predicted molar refractivity (Wildman–Crippen MR) is 85.6 cm³/mol. The van der Waals surface area contributed by atoms with Crippen molar-refractivity contribution in [2.24, 2.45) is 0 Å². The van der Waals surface area contributed by atoms with Crippen LogP contribution in [0.4, 0.5) is 13.2 Å². The zero-order valence-electron chi connectivity index (χ0n) is 12.3. The van der Waals surface area contributed by atoms with E-state index < -0.39 is 11.9 Å². The Balaban J connectivity index is 2.82. The average molecular weight is 424 g/mol. The SMILES string of the molecule is CCOCn1c(-c2ccc(O)c(Cl)c2)c(C#N)c(Br)c1C(F)(F)F. The molecule has 1 heterocycles. The summed E-state index contributed by atoms with van der Waals surface area (Å²) >= 11 is 8.71. The largest absolute Gasteiger partial charge is 0.506 e. The second kappa shape index (κ2) is 7.05. The fraction of sp³-hybridized carbons (Fsp3) is 0.267. The van der Waals surface area contributed by atoms with Gasteiger partial charge < -0.3 is 14.4 Å². The molecule has 1 N–H and O–H groups in total. The lowest BCUT2D eigenvalue weighted by atomic mass is 10.1. The van der Waals surface area contributed by atoms with Crippen LogP contribution < -0.4 is 0 Å². The van der Waals surface area contributed by atoms with Crippen LogP contribution in [0.3, 0.4) is 0 Å². The van der Waals surface area contributed by atoms with E-state index in [4.69, 9.17) is 16.3 Å². The van der Waals surface area contributed by atoms with Gasteiger partial charge in [-0.15, -0.1) is 0 Å². The molecule has 0 amide bonds. The molecule has 24 heavy (non-hydrogen) atoms. The zero-order valence-corrected chi connectivity index (χ0v) is 14.6. The first-order chi connectivity index (χ1) is 11.2. The van der Waals surface area contributed by atoms with Gasteiger partial charge in [0.05, 0.1) is 20.8 Å². The van der Waals surface area contributed by atoms with E-state index in [9.17, 15) is 23.5 Å². The number of rotatable bonds is 4. The molecule has 0 aliphatic heterocycles. The van der Waals surface area contributed by atoms with Crippen molar-refractivity contribution in [2.45, 2.75) is 19.8 Å². The van der Waals surface area contributed by atoms with E-state index in [2.05, 4.69) is 15.9 Å². The highest BCUT2D eigenvalue weighted by molar-refractivity contribution is 9.10. The van der Waals surface area contributed by atoms with Crippen molar-refractivity contribution >= 4 is 27.5 Å². The van der Waals surface area contributed by atoms with Gasteiger partial charge in [-0.1, -0.05) is 11.6 Å². The van der Waals surface area contributed by atoms with E-state index in [1.807, 2.05) is 0 Å². The molecule has 2 rings (SSSR count). The molecule has 0 aliphatic carbocycles. The molecule has 1 aromatic heterocycles. The molecule has 0 radical (unpaired) electrons. The minimum atomic E-state index is -4.69. The molecular weight excluding hydrogens is 413 g/mol. The van der Waals surface area contributed by atoms with Crippen molar-refractivity contribution < 1.29 is 23.0 Å². The standard InChI is InChI=1S/C15H11BrClF3N2O2/c1-2-24-7-22-13(8-3-4-11(23)10(17)5-8)9(6-21)12(16)14(22)15(18,19)20/h3-5,23H,2,7H2,1H3. The van der Waals surface area contributed by atoms with Gasteiger partial charge in [-0.05, 0) is 41.1 Å². The highest BCUT2D eigenvalue weighted by Gasteiger charge is 2.40. The second-order valence-electron chi connectivity index (χ2n) is 4.71. The number of nitrogens with zero attached hydrogens (tertiary/aromatic N) is 2. The first-order valence-electron chi connectivity index (χ1n) is 6.68. The number of alkyl halides is 3. The van der Waals surface area contributed by atoms with Crippen LogP contribution in [0.1, 0.15) is 18.2 Å². The van der Waals surface area contributed by atoms with E-state index in [0.717, 1.165) is 4.57 Å². The lowest BCUT2D eigenvalue weighted by molar-refractivity contribution is -0.146. The number of nitriles is 1. The second-order valence-corrected chi connectivity index (χ2v) is 5.91. The number of aromatic nitrogens is 1. The maximum Gasteiger partial charge on any atom is 0.432 e. The number of phenolic OH excluding ortho intramolecular Hbond substituents is 1. The van der Waals surface area contributed by atoms with Gasteiger partial charge in [0.1, 0.15) is 24.2 Å². The molecule has 0 aliphatic rings. The Morgan fingerprint density at radius 2 is 2.08 bits per heavy atom. The molecule has 0 saturated heterocycles. The smallest absolute Gasteiger partial charge is 0.432 e. The number of benzene rings is 1. The third kappa shape index (κ3) is 3.38. The Bertz CT molecular complexity index is 813. The minimum absolute atomic E-state index is 0.00653. The summed E-state index contributed by atoms with van der Waals surface area (Å²) in [6, 6.07) is 5.70. The molecule has 0 bridgehead atoms. The quantitative estimate of drug-likeness (QED) is 0.739. The first-order valence-corrected chi connectivity index (χ1v) is 7.85. The maximum atomic E-state index is 13.4. The lowest BCUT2D eigenvalue weighted by Gasteiger charge is -2.15. The predicted octanol–water partition coefficient (Wildman–Crippen LogP) is 5.16. The topological polar surface area (TPSA) is 58.2 Å². The van der Waals surface area contributed by atoms with Gasteiger partial charge in [-0.25, -0.2) is 0 Å². The Morgan fingerprint density at radius 3 is 2.58 bits per heavy atom. The first kappa shape index (κ1) is 18.6. The fourth-order valence-corrected chi connectivity index (χ4v) is 3.13. The number of ether oxygens (including phenoxy) is 1. The summed E-state index contributed by atoms with van der Waals surface area (Å²) in [6.45, 7) is 1.46. The van der Waals surface area contributed by atoms with Crippen LogP contribution >= 0.6 is 27.5 Å². The highest BCUT2D eigenvalue weighted by Crippen LogP contribution is 2.44. The number of phenols is 1. The minimum Gasteiger partial charge on any atom is -0.506 e. The van der Waals surface area contributed by atoms with E-state index in [1.165, 1.54) is 18.2 Å². The van der Waals surface area contributed by atoms with E-state index >= 15 is 0 Å². The molecular formula is C15H11BrClF3N2O2. The Hall–Kier alpha value is -1.69. The van der Waals surface area contributed by atoms with Crippen LogP contribution in [0.15, 0.2) is 22.7 Å². The van der Waals surface area contributed by atoms with E-state index in [1.54, 1.807) is 13.0 Å². The van der Waals surface area contributed by atoms with Crippen LogP contribution in [0.25, 0.3) is 11.3 Å². The van der Waals surface area contributed by atoms with Crippen LogP contribution in [0, 0.1) is 11.3 Å². The number of hydrogen-bond acceptors (Lipinski definition) is 3. The van der Waals surface area contributed by atoms with Gasteiger partial charge in [0.15, 0.2) is 0 Å². The van der Waals surface area contributed by atoms with Crippen molar-refractivity contribution in [2.75, 3.05) is 6.61 Å². The summed E-state index contributed by atoms with van der Waals surface area (Å²) in [4.78, 5) is 0. The molecule has 128 valence electrons. The molecule has 4 nitrogen and oxygen atoms in total.